The fourth-order valence-corrected chi connectivity index (χ4v) is 3.49. The molecular formula is C15H17F3N4OS. The summed E-state index contributed by atoms with van der Waals surface area (Å²) in [7, 11) is 0. The van der Waals surface area contributed by atoms with Gasteiger partial charge in [0.25, 0.3) is 5.91 Å². The van der Waals surface area contributed by atoms with Crippen LogP contribution in [0.15, 0.2) is 23.6 Å². The van der Waals surface area contributed by atoms with E-state index in [4.69, 9.17) is 0 Å². The lowest BCUT2D eigenvalue weighted by Crippen LogP contribution is -2.35. The Balaban J connectivity index is 1.95. The van der Waals surface area contributed by atoms with E-state index in [1.165, 1.54) is 17.4 Å². The minimum Gasteiger partial charge on any atom is -0.363 e. The predicted molar refractivity (Wildman–Crippen MR) is 85.2 cm³/mol. The maximum absolute atomic E-state index is 13.5. The second-order valence-corrected chi connectivity index (χ2v) is 6.97. The Morgan fingerprint density at radius 2 is 2.25 bits per heavy atom. The Labute approximate surface area is 140 Å². The van der Waals surface area contributed by atoms with Crippen LogP contribution in [0.25, 0.3) is 0 Å². The highest BCUT2D eigenvalue weighted by atomic mass is 32.1. The number of fused-ring (bicyclic) bond motifs is 1. The van der Waals surface area contributed by atoms with Crippen molar-refractivity contribution in [3.63, 3.8) is 0 Å². The van der Waals surface area contributed by atoms with Crippen LogP contribution in [-0.2, 0) is 0 Å². The van der Waals surface area contributed by atoms with E-state index in [0.717, 1.165) is 9.56 Å². The molecule has 1 amide bonds. The first-order valence-electron chi connectivity index (χ1n) is 7.52. The van der Waals surface area contributed by atoms with Crippen LogP contribution in [0.4, 0.5) is 19.0 Å². The Morgan fingerprint density at radius 3 is 2.83 bits per heavy atom. The van der Waals surface area contributed by atoms with Gasteiger partial charge in [-0.25, -0.2) is 4.68 Å². The number of carbonyl (C=O) groups is 1. The maximum Gasteiger partial charge on any atom is 0.410 e. The molecule has 0 saturated heterocycles. The quantitative estimate of drug-likeness (QED) is 0.879. The lowest BCUT2D eigenvalue weighted by molar-refractivity contribution is -0.173. The number of anilines is 1. The molecule has 9 heteroatoms. The largest absolute Gasteiger partial charge is 0.410 e. The summed E-state index contributed by atoms with van der Waals surface area (Å²) in [5.74, 6) is -0.279. The molecule has 2 aromatic heterocycles. The maximum atomic E-state index is 13.5. The van der Waals surface area contributed by atoms with Gasteiger partial charge in [0, 0.05) is 23.4 Å². The molecule has 3 heterocycles. The minimum atomic E-state index is -4.44. The van der Waals surface area contributed by atoms with Crippen LogP contribution in [0.1, 0.15) is 47.7 Å². The van der Waals surface area contributed by atoms with Gasteiger partial charge in [-0.2, -0.15) is 18.3 Å². The van der Waals surface area contributed by atoms with E-state index in [1.807, 2.05) is 5.38 Å². The average Bonchev–Trinajstić information content (AvgIpc) is 3.13. The lowest BCUT2D eigenvalue weighted by Gasteiger charge is -2.32. The van der Waals surface area contributed by atoms with Crippen LogP contribution in [-0.4, -0.2) is 27.9 Å². The molecule has 2 aromatic rings. The molecule has 0 spiro atoms. The number of amides is 1. The molecule has 0 bridgehead atoms. The van der Waals surface area contributed by atoms with Crippen LogP contribution in [0.2, 0.25) is 0 Å². The topological polar surface area (TPSA) is 59.0 Å². The van der Waals surface area contributed by atoms with Crippen molar-refractivity contribution >= 4 is 23.1 Å². The summed E-state index contributed by atoms with van der Waals surface area (Å²) in [4.78, 5) is 12.9. The van der Waals surface area contributed by atoms with Crippen molar-refractivity contribution in [3.8, 4) is 0 Å². The number of aromatic nitrogens is 2. The highest BCUT2D eigenvalue weighted by Gasteiger charge is 2.47. The number of nitrogens with zero attached hydrogens (tertiary/aromatic N) is 2. The summed E-state index contributed by atoms with van der Waals surface area (Å²) in [6.45, 7) is 3.55. The van der Waals surface area contributed by atoms with E-state index >= 15 is 0 Å². The monoisotopic (exact) mass is 358 g/mol. The predicted octanol–water partition coefficient (Wildman–Crippen LogP) is 3.74. The van der Waals surface area contributed by atoms with Crippen molar-refractivity contribution < 1.29 is 18.0 Å². The number of nitrogens with one attached hydrogen (secondary N) is 2. The zero-order valence-electron chi connectivity index (χ0n) is 13.1. The van der Waals surface area contributed by atoms with Crippen LogP contribution in [0.5, 0.6) is 0 Å². The first-order chi connectivity index (χ1) is 11.3. The number of thiophene rings is 1. The van der Waals surface area contributed by atoms with Gasteiger partial charge in [0.15, 0.2) is 11.7 Å². The van der Waals surface area contributed by atoms with E-state index in [0.29, 0.717) is 0 Å². The van der Waals surface area contributed by atoms with E-state index < -0.39 is 24.2 Å². The van der Waals surface area contributed by atoms with Crippen molar-refractivity contribution in [2.24, 2.45) is 0 Å². The van der Waals surface area contributed by atoms with Gasteiger partial charge in [-0.15, -0.1) is 11.3 Å². The van der Waals surface area contributed by atoms with E-state index in [9.17, 15) is 18.0 Å². The molecule has 2 N–H and O–H groups in total. The summed E-state index contributed by atoms with van der Waals surface area (Å²) in [6, 6.07) is 2.63. The molecule has 1 aliphatic rings. The molecule has 0 fully saturated rings. The molecule has 5 nitrogen and oxygen atoms in total. The van der Waals surface area contributed by atoms with Crippen molar-refractivity contribution in [3.05, 3.63) is 34.2 Å². The van der Waals surface area contributed by atoms with Crippen LogP contribution < -0.4 is 10.6 Å². The van der Waals surface area contributed by atoms with Crippen LogP contribution >= 0.6 is 11.3 Å². The van der Waals surface area contributed by atoms with E-state index in [1.54, 1.807) is 26.0 Å². The number of halogens is 3. The summed E-state index contributed by atoms with van der Waals surface area (Å²) in [6.07, 6.45) is -4.60. The molecule has 0 unspecified atom stereocenters. The highest BCUT2D eigenvalue weighted by Crippen LogP contribution is 2.44. The number of hydrogen-bond acceptors (Lipinski definition) is 4. The standard InChI is InChI=1S/C15H17F3N4OS/c1-8(2)19-14(23)10-7-13-20-9(11-4-3-5-24-11)6-12(15(16,17)18)22(13)21-10/h3-5,7-9,12,20H,6H2,1-2H3,(H,19,23)/t9-,12-/m1/s1. The minimum absolute atomic E-state index is 0.0210. The third-order valence-electron chi connectivity index (χ3n) is 3.73. The number of rotatable bonds is 3. The molecular weight excluding hydrogens is 341 g/mol. The van der Waals surface area contributed by atoms with Gasteiger partial charge in [0.2, 0.25) is 0 Å². The second kappa shape index (κ2) is 6.12. The first-order valence-corrected chi connectivity index (χ1v) is 8.40. The molecule has 0 aliphatic carbocycles. The summed E-state index contributed by atoms with van der Waals surface area (Å²) in [5.41, 5.74) is -0.0210. The molecule has 0 saturated carbocycles. The fourth-order valence-electron chi connectivity index (χ4n) is 2.70. The normalized spacial score (nSPS) is 20.6. The Morgan fingerprint density at radius 1 is 1.50 bits per heavy atom. The van der Waals surface area contributed by atoms with Gasteiger partial charge in [0.05, 0.1) is 6.04 Å². The molecule has 2 atom stereocenters. The van der Waals surface area contributed by atoms with E-state index in [-0.39, 0.29) is 24.0 Å². The van der Waals surface area contributed by atoms with Crippen molar-refractivity contribution in [2.45, 2.75) is 44.6 Å². The Hall–Kier alpha value is -2.03. The highest BCUT2D eigenvalue weighted by molar-refractivity contribution is 7.10. The average molecular weight is 358 g/mol. The summed E-state index contributed by atoms with van der Waals surface area (Å²) >= 11 is 1.40. The van der Waals surface area contributed by atoms with Gasteiger partial charge < -0.3 is 10.6 Å². The van der Waals surface area contributed by atoms with Gasteiger partial charge >= 0.3 is 6.18 Å². The molecule has 1 aliphatic heterocycles. The SMILES string of the molecule is CC(C)NC(=O)c1cc2n(n1)[C@@H](C(F)(F)F)C[C@H](c1cccs1)N2. The third-order valence-corrected chi connectivity index (χ3v) is 4.71. The zero-order valence-corrected chi connectivity index (χ0v) is 13.9. The second-order valence-electron chi connectivity index (χ2n) is 5.99. The first kappa shape index (κ1) is 16.8. The fraction of sp³-hybridized carbons (Fsp3) is 0.467. The van der Waals surface area contributed by atoms with E-state index in [2.05, 4.69) is 15.7 Å². The lowest BCUT2D eigenvalue weighted by atomic mass is 10.0. The van der Waals surface area contributed by atoms with Crippen LogP contribution in [0, 0.1) is 0 Å². The van der Waals surface area contributed by atoms with Gasteiger partial charge in [-0.1, -0.05) is 6.07 Å². The number of alkyl halides is 3. The third kappa shape index (κ3) is 3.26. The van der Waals surface area contributed by atoms with Crippen molar-refractivity contribution in [1.82, 2.24) is 15.1 Å². The van der Waals surface area contributed by atoms with Gasteiger partial charge in [-0.3, -0.25) is 4.79 Å². The summed E-state index contributed by atoms with van der Waals surface area (Å²) in [5, 5.41) is 11.4. The zero-order chi connectivity index (χ0) is 17.5. The Bertz CT molecular complexity index is 724. The molecule has 24 heavy (non-hydrogen) atoms. The summed E-state index contributed by atoms with van der Waals surface area (Å²) < 4.78 is 41.3. The Kier molecular flexibility index (Phi) is 4.29. The molecule has 3 rings (SSSR count). The van der Waals surface area contributed by atoms with Gasteiger partial charge in [0.1, 0.15) is 5.82 Å². The number of hydrogen-bond donors (Lipinski definition) is 2. The number of carbonyl (C=O) groups excluding carboxylic acids is 1. The molecule has 0 radical (unpaired) electrons. The molecule has 0 aromatic carbocycles. The van der Waals surface area contributed by atoms with Gasteiger partial charge in [-0.05, 0) is 25.3 Å². The smallest absolute Gasteiger partial charge is 0.363 e. The van der Waals surface area contributed by atoms with Crippen LogP contribution in [0.3, 0.4) is 0 Å². The van der Waals surface area contributed by atoms with Crippen molar-refractivity contribution in [2.75, 3.05) is 5.32 Å². The van der Waals surface area contributed by atoms with Crippen molar-refractivity contribution in [1.29, 1.82) is 0 Å². The molecule has 130 valence electrons.